The number of rotatable bonds is 16. The minimum absolute atomic E-state index is 0.00140. The van der Waals surface area contributed by atoms with E-state index in [2.05, 4.69) is 17.3 Å². The molecule has 1 aliphatic rings. The number of para-hydroxylation sites is 1. The number of hydrogen-bond acceptors (Lipinski definition) is 12. The van der Waals surface area contributed by atoms with E-state index in [0.717, 1.165) is 51.0 Å². The normalized spacial score (nSPS) is 13.3. The molecule has 2 heterocycles. The van der Waals surface area contributed by atoms with E-state index in [-0.39, 0.29) is 41.8 Å². The van der Waals surface area contributed by atoms with Gasteiger partial charge in [0.15, 0.2) is 0 Å². The summed E-state index contributed by atoms with van der Waals surface area (Å²) in [6.45, 7) is 16.6. The molecule has 0 atom stereocenters. The number of primary amides is 1. The Kier molecular flexibility index (Phi) is 16.1. The topological polar surface area (TPSA) is 191 Å². The van der Waals surface area contributed by atoms with Crippen LogP contribution >= 0.6 is 0 Å². The number of anilines is 2. The van der Waals surface area contributed by atoms with E-state index < -0.39 is 35.2 Å². The monoisotopic (exact) mass is 898 g/mol. The number of carbonyl (C=O) groups is 5. The number of aryl methyl sites for hydroxylation is 1. The van der Waals surface area contributed by atoms with Crippen LogP contribution in [0.15, 0.2) is 48.5 Å². The quantitative estimate of drug-likeness (QED) is 0.111. The number of fused-ring (bicyclic) bond motifs is 1. The highest BCUT2D eigenvalue weighted by atomic mass is 16.6. The minimum Gasteiger partial charge on any atom is -0.495 e. The van der Waals surface area contributed by atoms with E-state index in [9.17, 15) is 24.0 Å². The van der Waals surface area contributed by atoms with E-state index >= 15 is 0 Å². The van der Waals surface area contributed by atoms with Gasteiger partial charge >= 0.3 is 12.2 Å². The van der Waals surface area contributed by atoms with Gasteiger partial charge in [0.1, 0.15) is 22.7 Å². The standard InChI is InChI=1S/C48H66N8O9/c1-31-19-22-35(37(30-31)63-29-14-12-13-18-38(57)55-27-25-52(8)26-28-55)54(10)43(59)34-21-20-33(41(62-11)39(34)42(49)58)32-16-15-17-36-40(32)51-44(56(36)46(61)65-48(5,6)7)53(9)24-23-50-45(60)64-47(2,3)4/h15-17,19-22,30H,12-14,18,23-29H2,1-11H3,(H2,49,58)(H,50,60). The second-order valence-corrected chi connectivity index (χ2v) is 18.4. The van der Waals surface area contributed by atoms with E-state index in [4.69, 9.17) is 29.7 Å². The SMILES string of the molecule is COc1c(-c2cccc3c2nc(N(C)CCNC(=O)OC(C)(C)C)n3C(=O)OC(C)(C)C)ccc(C(=O)N(C)c2ccc(C)cc2OCCCCCC(=O)N2CCN(C)CC2)c1C(N)=O. The number of unbranched alkanes of at least 4 members (excludes halogenated alkanes) is 2. The maximum atomic E-state index is 14.4. The number of ether oxygens (including phenoxy) is 4. The zero-order chi connectivity index (χ0) is 47.8. The summed E-state index contributed by atoms with van der Waals surface area (Å²) in [5.74, 6) is -0.479. The Labute approximate surface area is 382 Å². The molecule has 3 N–H and O–H groups in total. The number of likely N-dealkylation sites (N-methyl/N-ethyl adjacent to an activating group) is 2. The second-order valence-electron chi connectivity index (χ2n) is 18.4. The van der Waals surface area contributed by atoms with Crippen molar-refractivity contribution in [2.24, 2.45) is 5.73 Å². The Hall–Kier alpha value is -6.36. The summed E-state index contributed by atoms with van der Waals surface area (Å²) < 4.78 is 24.7. The number of nitrogens with one attached hydrogen (secondary N) is 1. The maximum absolute atomic E-state index is 14.4. The average Bonchev–Trinajstić information content (AvgIpc) is 3.63. The first kappa shape index (κ1) is 49.7. The van der Waals surface area contributed by atoms with E-state index in [0.29, 0.717) is 46.6 Å². The first-order chi connectivity index (χ1) is 30.6. The fourth-order valence-electron chi connectivity index (χ4n) is 7.47. The fourth-order valence-corrected chi connectivity index (χ4v) is 7.47. The Bertz CT molecular complexity index is 2370. The van der Waals surface area contributed by atoms with Gasteiger partial charge in [0, 0.05) is 70.9 Å². The summed E-state index contributed by atoms with van der Waals surface area (Å²) in [4.78, 5) is 79.0. The molecule has 0 unspecified atom stereocenters. The molecule has 65 heavy (non-hydrogen) atoms. The summed E-state index contributed by atoms with van der Waals surface area (Å²) in [6.07, 6.45) is 1.53. The van der Waals surface area contributed by atoms with Crippen LogP contribution in [0.25, 0.3) is 22.2 Å². The fraction of sp³-hybridized carbons (Fsp3) is 0.500. The van der Waals surface area contributed by atoms with Gasteiger partial charge in [-0.15, -0.1) is 0 Å². The van der Waals surface area contributed by atoms with Crippen molar-refractivity contribution in [3.63, 3.8) is 0 Å². The number of aromatic nitrogens is 2. The zero-order valence-electron chi connectivity index (χ0n) is 39.8. The summed E-state index contributed by atoms with van der Waals surface area (Å²) in [5, 5.41) is 2.73. The molecule has 1 saturated heterocycles. The van der Waals surface area contributed by atoms with Crippen LogP contribution in [0.2, 0.25) is 0 Å². The number of hydrogen-bond donors (Lipinski definition) is 2. The van der Waals surface area contributed by atoms with E-state index in [1.807, 2.05) is 24.0 Å². The van der Waals surface area contributed by atoms with E-state index in [1.165, 1.54) is 22.6 Å². The molecule has 1 aromatic heterocycles. The zero-order valence-corrected chi connectivity index (χ0v) is 39.8. The number of imidazole rings is 1. The van der Waals surface area contributed by atoms with Gasteiger partial charge in [-0.05, 0) is 111 Å². The van der Waals surface area contributed by atoms with Gasteiger partial charge in [-0.2, -0.15) is 0 Å². The van der Waals surface area contributed by atoms with Crippen molar-refractivity contribution in [2.75, 3.05) is 83.9 Å². The van der Waals surface area contributed by atoms with E-state index in [1.54, 1.807) is 90.9 Å². The smallest absolute Gasteiger partial charge is 0.421 e. The first-order valence-electron chi connectivity index (χ1n) is 22.0. The molecular formula is C48H66N8O9. The summed E-state index contributed by atoms with van der Waals surface area (Å²) in [5.41, 5.74) is 7.45. The lowest BCUT2D eigenvalue weighted by Gasteiger charge is -2.32. The number of benzene rings is 3. The van der Waals surface area contributed by atoms with Crippen molar-refractivity contribution in [1.29, 1.82) is 0 Å². The Balaban J connectivity index is 1.42. The molecule has 17 nitrogen and oxygen atoms in total. The molecule has 1 fully saturated rings. The number of methoxy groups -OCH3 is 1. The molecule has 4 aromatic rings. The van der Waals surface area contributed by atoms with Gasteiger partial charge in [-0.25, -0.2) is 19.1 Å². The molecule has 352 valence electrons. The van der Waals surface area contributed by atoms with Gasteiger partial charge in [0.05, 0.1) is 41.6 Å². The highest BCUT2D eigenvalue weighted by Crippen LogP contribution is 2.41. The third-order valence-corrected chi connectivity index (χ3v) is 10.8. The molecule has 0 aliphatic carbocycles. The molecule has 0 spiro atoms. The van der Waals surface area contributed by atoms with Crippen LogP contribution < -0.4 is 30.3 Å². The van der Waals surface area contributed by atoms with Crippen LogP contribution in [0.4, 0.5) is 21.2 Å². The highest BCUT2D eigenvalue weighted by Gasteiger charge is 2.31. The van der Waals surface area contributed by atoms with Crippen molar-refractivity contribution in [3.8, 4) is 22.6 Å². The van der Waals surface area contributed by atoms with Gasteiger partial charge in [0.25, 0.3) is 11.8 Å². The molecule has 1 aliphatic heterocycles. The van der Waals surface area contributed by atoms with Crippen molar-refractivity contribution < 1.29 is 42.9 Å². The highest BCUT2D eigenvalue weighted by molar-refractivity contribution is 6.16. The van der Waals surface area contributed by atoms with Crippen LogP contribution in [-0.2, 0) is 14.3 Å². The molecular weight excluding hydrogens is 833 g/mol. The third kappa shape index (κ3) is 12.7. The number of alkyl carbamates (subject to hydrolysis) is 1. The number of nitrogens with zero attached hydrogens (tertiary/aromatic N) is 6. The van der Waals surface area contributed by atoms with Crippen LogP contribution in [0.5, 0.6) is 11.5 Å². The molecule has 0 bridgehead atoms. The maximum Gasteiger partial charge on any atom is 0.421 e. The lowest BCUT2D eigenvalue weighted by molar-refractivity contribution is -0.132. The van der Waals surface area contributed by atoms with Crippen molar-refractivity contribution in [3.05, 3.63) is 65.2 Å². The van der Waals surface area contributed by atoms with Gasteiger partial charge in [0.2, 0.25) is 11.9 Å². The largest absolute Gasteiger partial charge is 0.495 e. The Morgan fingerprint density at radius 2 is 1.55 bits per heavy atom. The minimum atomic E-state index is -0.892. The predicted molar refractivity (Wildman–Crippen MR) is 251 cm³/mol. The van der Waals surface area contributed by atoms with Gasteiger partial charge in [-0.1, -0.05) is 18.2 Å². The number of piperazine rings is 1. The summed E-state index contributed by atoms with van der Waals surface area (Å²) in [7, 11) is 6.77. The van der Waals surface area contributed by atoms with Crippen LogP contribution in [-0.4, -0.2) is 135 Å². The van der Waals surface area contributed by atoms with Crippen LogP contribution in [0.3, 0.4) is 0 Å². The molecule has 17 heteroatoms. The lowest BCUT2D eigenvalue weighted by Crippen LogP contribution is -2.47. The third-order valence-electron chi connectivity index (χ3n) is 10.8. The number of amides is 4. The molecule has 0 saturated carbocycles. The van der Waals surface area contributed by atoms with Gasteiger partial charge < -0.3 is 49.6 Å². The van der Waals surface area contributed by atoms with Crippen molar-refractivity contribution in [2.45, 2.75) is 85.4 Å². The molecule has 3 aromatic carbocycles. The Morgan fingerprint density at radius 1 is 0.862 bits per heavy atom. The molecule has 0 radical (unpaired) electrons. The Morgan fingerprint density at radius 3 is 2.20 bits per heavy atom. The van der Waals surface area contributed by atoms with Crippen LogP contribution in [0.1, 0.15) is 93.5 Å². The number of carbonyl (C=O) groups excluding carboxylic acids is 5. The summed E-state index contributed by atoms with van der Waals surface area (Å²) in [6, 6.07) is 13.9. The van der Waals surface area contributed by atoms with Crippen LogP contribution in [0, 0.1) is 6.92 Å². The molecule has 4 amide bonds. The average molecular weight is 899 g/mol. The predicted octanol–water partition coefficient (Wildman–Crippen LogP) is 6.85. The van der Waals surface area contributed by atoms with Crippen molar-refractivity contribution >= 4 is 52.6 Å². The second kappa shape index (κ2) is 21.1. The number of nitrogens with two attached hydrogens (primary N) is 1. The summed E-state index contributed by atoms with van der Waals surface area (Å²) >= 11 is 0. The van der Waals surface area contributed by atoms with Gasteiger partial charge in [-0.3, -0.25) is 14.4 Å². The van der Waals surface area contributed by atoms with Crippen molar-refractivity contribution in [1.82, 2.24) is 24.7 Å². The lowest BCUT2D eigenvalue weighted by atomic mass is 9.95. The first-order valence-corrected chi connectivity index (χ1v) is 22.0. The molecule has 5 rings (SSSR count).